The molecule has 0 saturated heterocycles. The van der Waals surface area contributed by atoms with Crippen molar-refractivity contribution in [3.63, 3.8) is 0 Å². The average Bonchev–Trinajstić information content (AvgIpc) is 3.21. The normalized spacial score (nSPS) is 11.9. The van der Waals surface area contributed by atoms with Gasteiger partial charge in [-0.05, 0) is 30.2 Å². The van der Waals surface area contributed by atoms with E-state index in [0.717, 1.165) is 16.5 Å². The van der Waals surface area contributed by atoms with Gasteiger partial charge in [0.1, 0.15) is 5.69 Å². The zero-order valence-corrected chi connectivity index (χ0v) is 17.0. The lowest BCUT2D eigenvalue weighted by atomic mass is 9.98. The molecule has 0 aliphatic rings. The number of nitrogens with zero attached hydrogens (tertiary/aromatic N) is 1. The first kappa shape index (κ1) is 20.3. The number of carbonyl (C=O) groups is 2. The second-order valence-electron chi connectivity index (χ2n) is 7.20. The Morgan fingerprint density at radius 3 is 2.13 bits per heavy atom. The van der Waals surface area contributed by atoms with Crippen LogP contribution in [0.4, 0.5) is 0 Å². The maximum atomic E-state index is 12.8. The molecule has 3 aromatic carbocycles. The first-order valence-corrected chi connectivity index (χ1v) is 10.0. The van der Waals surface area contributed by atoms with Crippen molar-refractivity contribution in [2.24, 2.45) is 0 Å². The fourth-order valence-corrected chi connectivity index (χ4v) is 3.40. The van der Waals surface area contributed by atoms with Crippen LogP contribution in [0.5, 0.6) is 0 Å². The van der Waals surface area contributed by atoms with E-state index in [2.05, 4.69) is 10.5 Å². The highest BCUT2D eigenvalue weighted by Crippen LogP contribution is 2.22. The second kappa shape index (κ2) is 9.26. The molecule has 1 N–H and O–H groups in total. The van der Waals surface area contributed by atoms with Crippen LogP contribution in [-0.2, 0) is 20.7 Å². The van der Waals surface area contributed by atoms with Gasteiger partial charge in [-0.15, -0.1) is 0 Å². The molecule has 0 aliphatic carbocycles. The fourth-order valence-electron chi connectivity index (χ4n) is 3.40. The van der Waals surface area contributed by atoms with Crippen LogP contribution in [0.25, 0.3) is 11.0 Å². The summed E-state index contributed by atoms with van der Waals surface area (Å²) in [5.74, 6) is -0.922. The molecule has 0 saturated carbocycles. The standard InChI is InChI=1S/C25H22N2O4/c1-17(30-23(28)16-21-20-14-8-9-15-22(20)31-27-21)25(29)26-24(18-10-4-2-5-11-18)19-12-6-3-7-13-19/h2-15,17,24H,16H2,1H3,(H,26,29)/t17-/m0/s1. The van der Waals surface area contributed by atoms with Crippen molar-refractivity contribution in [1.82, 2.24) is 10.5 Å². The first-order valence-electron chi connectivity index (χ1n) is 10.0. The van der Waals surface area contributed by atoms with Crippen LogP contribution in [0.3, 0.4) is 0 Å². The average molecular weight is 414 g/mol. The molecule has 6 nitrogen and oxygen atoms in total. The number of amides is 1. The van der Waals surface area contributed by atoms with E-state index in [4.69, 9.17) is 9.26 Å². The predicted molar refractivity (Wildman–Crippen MR) is 116 cm³/mol. The van der Waals surface area contributed by atoms with E-state index in [1.165, 1.54) is 0 Å². The lowest BCUT2D eigenvalue weighted by molar-refractivity contribution is -0.154. The van der Waals surface area contributed by atoms with Crippen molar-refractivity contribution in [3.8, 4) is 0 Å². The molecule has 1 amide bonds. The summed E-state index contributed by atoms with van der Waals surface area (Å²) in [6.45, 7) is 1.56. The van der Waals surface area contributed by atoms with Crippen molar-refractivity contribution < 1.29 is 18.8 Å². The van der Waals surface area contributed by atoms with Gasteiger partial charge in [0.15, 0.2) is 11.7 Å². The highest BCUT2D eigenvalue weighted by molar-refractivity contribution is 5.87. The van der Waals surface area contributed by atoms with Gasteiger partial charge < -0.3 is 14.6 Å². The smallest absolute Gasteiger partial charge is 0.312 e. The van der Waals surface area contributed by atoms with Crippen molar-refractivity contribution in [1.29, 1.82) is 0 Å². The van der Waals surface area contributed by atoms with E-state index in [1.54, 1.807) is 13.0 Å². The summed E-state index contributed by atoms with van der Waals surface area (Å²) in [6.07, 6.45) is -1.03. The van der Waals surface area contributed by atoms with Gasteiger partial charge in [0, 0.05) is 5.39 Å². The maximum Gasteiger partial charge on any atom is 0.312 e. The minimum absolute atomic E-state index is 0.0740. The van der Waals surface area contributed by atoms with Crippen LogP contribution in [0.2, 0.25) is 0 Å². The van der Waals surface area contributed by atoms with Crippen LogP contribution < -0.4 is 5.32 Å². The number of esters is 1. The van der Waals surface area contributed by atoms with Crippen molar-refractivity contribution >= 4 is 22.8 Å². The maximum absolute atomic E-state index is 12.8. The summed E-state index contributed by atoms with van der Waals surface area (Å²) in [7, 11) is 0. The Kier molecular flexibility index (Phi) is 6.08. The summed E-state index contributed by atoms with van der Waals surface area (Å²) in [6, 6.07) is 26.2. The Labute approximate surface area is 179 Å². The van der Waals surface area contributed by atoms with Crippen molar-refractivity contribution in [3.05, 3.63) is 102 Å². The number of fused-ring (bicyclic) bond motifs is 1. The summed E-state index contributed by atoms with van der Waals surface area (Å²) >= 11 is 0. The minimum atomic E-state index is -0.958. The summed E-state index contributed by atoms with van der Waals surface area (Å²) in [5, 5.41) is 7.69. The molecule has 0 aliphatic heterocycles. The Hall–Kier alpha value is -3.93. The molecule has 4 rings (SSSR count). The number of hydrogen-bond donors (Lipinski definition) is 1. The van der Waals surface area contributed by atoms with Gasteiger partial charge in [-0.2, -0.15) is 0 Å². The molecule has 4 aromatic rings. The topological polar surface area (TPSA) is 81.4 Å². The molecular formula is C25H22N2O4. The van der Waals surface area contributed by atoms with E-state index in [-0.39, 0.29) is 18.4 Å². The number of carbonyl (C=O) groups excluding carboxylic acids is 2. The van der Waals surface area contributed by atoms with Gasteiger partial charge in [0.05, 0.1) is 12.5 Å². The lowest BCUT2D eigenvalue weighted by Gasteiger charge is -2.22. The molecule has 1 atom stereocenters. The summed E-state index contributed by atoms with van der Waals surface area (Å²) < 4.78 is 10.6. The third-order valence-corrected chi connectivity index (χ3v) is 4.99. The summed E-state index contributed by atoms with van der Waals surface area (Å²) in [5.41, 5.74) is 2.97. The summed E-state index contributed by atoms with van der Waals surface area (Å²) in [4.78, 5) is 25.2. The fraction of sp³-hybridized carbons (Fsp3) is 0.160. The largest absolute Gasteiger partial charge is 0.452 e. The lowest BCUT2D eigenvalue weighted by Crippen LogP contribution is -2.38. The number of benzene rings is 3. The van der Waals surface area contributed by atoms with Gasteiger partial charge in [-0.1, -0.05) is 78.0 Å². The quantitative estimate of drug-likeness (QED) is 0.458. The Bertz CT molecular complexity index is 1130. The minimum Gasteiger partial charge on any atom is -0.452 e. The molecule has 6 heteroatoms. The van der Waals surface area contributed by atoms with E-state index >= 15 is 0 Å². The molecule has 156 valence electrons. The SMILES string of the molecule is C[C@H](OC(=O)Cc1noc2ccccc12)C(=O)NC(c1ccccc1)c1ccccc1. The molecule has 1 aromatic heterocycles. The van der Waals surface area contributed by atoms with Crippen LogP contribution in [0, 0.1) is 0 Å². The van der Waals surface area contributed by atoms with Gasteiger partial charge in [0.25, 0.3) is 5.91 Å². The van der Waals surface area contributed by atoms with Gasteiger partial charge in [0.2, 0.25) is 0 Å². The Morgan fingerprint density at radius 1 is 0.903 bits per heavy atom. The van der Waals surface area contributed by atoms with Crippen LogP contribution in [0.15, 0.2) is 89.5 Å². The van der Waals surface area contributed by atoms with E-state index < -0.39 is 12.1 Å². The van der Waals surface area contributed by atoms with Crippen molar-refractivity contribution in [2.75, 3.05) is 0 Å². The van der Waals surface area contributed by atoms with E-state index in [1.807, 2.05) is 78.9 Å². The zero-order chi connectivity index (χ0) is 21.6. The predicted octanol–water partition coefficient (Wildman–Crippen LogP) is 4.21. The molecule has 1 heterocycles. The third-order valence-electron chi connectivity index (χ3n) is 4.99. The number of aromatic nitrogens is 1. The molecule has 0 spiro atoms. The highest BCUT2D eigenvalue weighted by atomic mass is 16.5. The Morgan fingerprint density at radius 2 is 1.48 bits per heavy atom. The van der Waals surface area contributed by atoms with E-state index in [0.29, 0.717) is 11.3 Å². The van der Waals surface area contributed by atoms with Crippen LogP contribution >= 0.6 is 0 Å². The first-order chi connectivity index (χ1) is 15.1. The third kappa shape index (κ3) is 4.80. The molecule has 31 heavy (non-hydrogen) atoms. The second-order valence-corrected chi connectivity index (χ2v) is 7.20. The molecular weight excluding hydrogens is 392 g/mol. The number of hydrogen-bond acceptors (Lipinski definition) is 5. The monoisotopic (exact) mass is 414 g/mol. The number of ether oxygens (including phenoxy) is 1. The highest BCUT2D eigenvalue weighted by Gasteiger charge is 2.24. The van der Waals surface area contributed by atoms with E-state index in [9.17, 15) is 9.59 Å². The number of nitrogens with one attached hydrogen (secondary N) is 1. The van der Waals surface area contributed by atoms with Crippen molar-refractivity contribution in [2.45, 2.75) is 25.5 Å². The van der Waals surface area contributed by atoms with Crippen LogP contribution in [0.1, 0.15) is 29.8 Å². The number of rotatable bonds is 7. The van der Waals surface area contributed by atoms with Crippen LogP contribution in [-0.4, -0.2) is 23.1 Å². The van der Waals surface area contributed by atoms with Gasteiger partial charge in [-0.3, -0.25) is 9.59 Å². The molecule has 0 unspecified atom stereocenters. The molecule has 0 radical (unpaired) electrons. The number of para-hydroxylation sites is 1. The zero-order valence-electron chi connectivity index (χ0n) is 17.0. The van der Waals surface area contributed by atoms with Gasteiger partial charge >= 0.3 is 5.97 Å². The molecule has 0 bridgehead atoms. The molecule has 0 fully saturated rings. The Balaban J connectivity index is 1.43. The van der Waals surface area contributed by atoms with Gasteiger partial charge in [-0.25, -0.2) is 0 Å².